The predicted octanol–water partition coefficient (Wildman–Crippen LogP) is 7.16. The second kappa shape index (κ2) is 12.1. The van der Waals surface area contributed by atoms with Crippen LogP contribution in [0, 0.1) is 11.8 Å². The first-order chi connectivity index (χ1) is 23.1. The Hall–Kier alpha value is -4.71. The van der Waals surface area contributed by atoms with Gasteiger partial charge in [-0.05, 0) is 44.6 Å². The van der Waals surface area contributed by atoms with Crippen LogP contribution in [-0.4, -0.2) is 27.0 Å². The standard InChI is InChI=1S/C42H38O4Si/c1-28(2)25-26-29-27-44-41(42(43)45-40-34-21-11-9-19-32(34)33-20-10-12-22-35(33)40)38-36-23-13-14-24-37(36)47(46-39(29)38,30-15-5-3-6-16-30)31-17-7-4-8-18-31/h3-24,28-29,40-41H,25-27H2,1-2H3/t29-,41+/m1/s1. The van der Waals surface area contributed by atoms with Crippen molar-refractivity contribution < 1.29 is 18.7 Å². The topological polar surface area (TPSA) is 44.8 Å². The lowest BCUT2D eigenvalue weighted by atomic mass is 9.87. The highest BCUT2D eigenvalue weighted by Gasteiger charge is 2.53. The Labute approximate surface area is 277 Å². The Morgan fingerprint density at radius 3 is 1.85 bits per heavy atom. The van der Waals surface area contributed by atoms with Gasteiger partial charge in [-0.2, -0.15) is 0 Å². The van der Waals surface area contributed by atoms with Gasteiger partial charge in [-0.3, -0.25) is 0 Å². The molecular weight excluding hydrogens is 597 g/mol. The van der Waals surface area contributed by atoms with Crippen LogP contribution in [0.1, 0.15) is 49.5 Å². The van der Waals surface area contributed by atoms with E-state index in [0.717, 1.165) is 57.2 Å². The van der Waals surface area contributed by atoms with Crippen LogP contribution in [-0.2, 0) is 18.7 Å². The third-order valence-electron chi connectivity index (χ3n) is 9.90. The molecule has 234 valence electrons. The summed E-state index contributed by atoms with van der Waals surface area (Å²) in [5.41, 5.74) is 6.05. The Morgan fingerprint density at radius 1 is 0.723 bits per heavy atom. The molecule has 5 heteroatoms. The lowest BCUT2D eigenvalue weighted by Crippen LogP contribution is -2.71. The number of rotatable bonds is 7. The first-order valence-electron chi connectivity index (χ1n) is 16.7. The molecule has 5 aromatic rings. The van der Waals surface area contributed by atoms with E-state index in [0.29, 0.717) is 12.5 Å². The summed E-state index contributed by atoms with van der Waals surface area (Å²) in [7, 11) is -3.02. The molecule has 0 unspecified atom stereocenters. The number of ether oxygens (including phenoxy) is 2. The highest BCUT2D eigenvalue weighted by atomic mass is 28.4. The monoisotopic (exact) mass is 634 g/mol. The normalized spacial score (nSPS) is 19.3. The van der Waals surface area contributed by atoms with Crippen LogP contribution in [0.3, 0.4) is 0 Å². The summed E-state index contributed by atoms with van der Waals surface area (Å²) in [6.07, 6.45) is 0.548. The molecule has 2 heterocycles. The number of carbonyl (C=O) groups is 1. The van der Waals surface area contributed by atoms with Crippen molar-refractivity contribution in [1.29, 1.82) is 0 Å². The van der Waals surface area contributed by atoms with Crippen molar-refractivity contribution in [2.45, 2.75) is 38.9 Å². The Kier molecular flexibility index (Phi) is 7.67. The van der Waals surface area contributed by atoms with Crippen LogP contribution >= 0.6 is 0 Å². The SMILES string of the molecule is CC(C)CC[C@@H]1CO[C@H](C(=O)OC2c3ccccc3-c3ccccc32)C2=C1O[Si](c1ccccc1)(c1ccccc1)c1ccccc12. The van der Waals surface area contributed by atoms with Crippen LogP contribution in [0.2, 0.25) is 0 Å². The summed E-state index contributed by atoms with van der Waals surface area (Å²) in [6, 6.07) is 46.2. The molecule has 0 aromatic heterocycles. The molecule has 0 bridgehead atoms. The molecule has 1 aliphatic carbocycles. The third kappa shape index (κ3) is 4.97. The zero-order chi connectivity index (χ0) is 32.0. The molecule has 0 fully saturated rings. The van der Waals surface area contributed by atoms with Gasteiger partial charge in [0.05, 0.1) is 12.4 Å². The number of carbonyl (C=O) groups excluding carboxylic acids is 1. The maximum absolute atomic E-state index is 14.5. The van der Waals surface area contributed by atoms with Crippen molar-refractivity contribution in [3.63, 3.8) is 0 Å². The van der Waals surface area contributed by atoms with Gasteiger partial charge in [-0.15, -0.1) is 0 Å². The highest BCUT2D eigenvalue weighted by Crippen LogP contribution is 2.47. The van der Waals surface area contributed by atoms with Crippen molar-refractivity contribution in [2.24, 2.45) is 11.8 Å². The first kappa shape index (κ1) is 29.7. The van der Waals surface area contributed by atoms with Gasteiger partial charge in [0.1, 0.15) is 0 Å². The van der Waals surface area contributed by atoms with Gasteiger partial charge in [0.25, 0.3) is 0 Å². The van der Waals surface area contributed by atoms with E-state index in [9.17, 15) is 4.79 Å². The maximum atomic E-state index is 14.5. The molecule has 0 saturated heterocycles. The van der Waals surface area contributed by atoms with Gasteiger partial charge in [-0.1, -0.05) is 154 Å². The summed E-state index contributed by atoms with van der Waals surface area (Å²) in [4.78, 5) is 14.5. The molecule has 47 heavy (non-hydrogen) atoms. The van der Waals surface area contributed by atoms with Gasteiger partial charge in [0.15, 0.2) is 12.2 Å². The van der Waals surface area contributed by atoms with Gasteiger partial charge < -0.3 is 13.9 Å². The van der Waals surface area contributed by atoms with Crippen LogP contribution < -0.4 is 15.6 Å². The second-order valence-corrected chi connectivity index (χ2v) is 16.5. The minimum absolute atomic E-state index is 0.0250. The number of esters is 1. The number of hydrogen-bond acceptors (Lipinski definition) is 4. The summed E-state index contributed by atoms with van der Waals surface area (Å²) in [5.74, 6) is 1.06. The van der Waals surface area contributed by atoms with E-state index in [-0.39, 0.29) is 11.9 Å². The summed E-state index contributed by atoms with van der Waals surface area (Å²) in [6.45, 7) is 4.90. The lowest BCUT2D eigenvalue weighted by Gasteiger charge is -2.45. The van der Waals surface area contributed by atoms with E-state index in [1.54, 1.807) is 0 Å². The Bertz CT molecular complexity index is 1880. The van der Waals surface area contributed by atoms with Crippen molar-refractivity contribution in [3.8, 4) is 11.1 Å². The highest BCUT2D eigenvalue weighted by molar-refractivity contribution is 7.07. The number of hydrogen-bond donors (Lipinski definition) is 0. The number of fused-ring (bicyclic) bond motifs is 5. The molecule has 0 saturated carbocycles. The zero-order valence-corrected chi connectivity index (χ0v) is 27.8. The molecule has 8 rings (SSSR count). The fraction of sp³-hybridized carbons (Fsp3) is 0.214. The van der Waals surface area contributed by atoms with Crippen LogP contribution in [0.5, 0.6) is 0 Å². The van der Waals surface area contributed by atoms with E-state index >= 15 is 0 Å². The largest absolute Gasteiger partial charge is 0.533 e. The van der Waals surface area contributed by atoms with E-state index in [2.05, 4.69) is 123 Å². The number of benzene rings is 5. The van der Waals surface area contributed by atoms with Crippen molar-refractivity contribution >= 4 is 35.4 Å². The molecule has 2 atom stereocenters. The van der Waals surface area contributed by atoms with Gasteiger partial charge in [0, 0.05) is 22.6 Å². The van der Waals surface area contributed by atoms with E-state index in [4.69, 9.17) is 13.9 Å². The van der Waals surface area contributed by atoms with Gasteiger partial charge in [0.2, 0.25) is 0 Å². The third-order valence-corrected chi connectivity index (χ3v) is 13.9. The van der Waals surface area contributed by atoms with Gasteiger partial charge in [-0.25, -0.2) is 4.79 Å². The summed E-state index contributed by atoms with van der Waals surface area (Å²) < 4.78 is 20.7. The molecule has 0 spiro atoms. The Morgan fingerprint density at radius 2 is 1.26 bits per heavy atom. The van der Waals surface area contributed by atoms with Crippen LogP contribution in [0.15, 0.2) is 139 Å². The van der Waals surface area contributed by atoms with Crippen molar-refractivity contribution in [3.05, 3.63) is 156 Å². The second-order valence-electron chi connectivity index (χ2n) is 13.2. The molecular formula is C42H38O4Si. The lowest BCUT2D eigenvalue weighted by molar-refractivity contribution is -0.158. The molecule has 0 radical (unpaired) electrons. The average molecular weight is 635 g/mol. The minimum Gasteiger partial charge on any atom is -0.533 e. The van der Waals surface area contributed by atoms with Gasteiger partial charge >= 0.3 is 14.3 Å². The van der Waals surface area contributed by atoms with Crippen molar-refractivity contribution in [1.82, 2.24) is 0 Å². The maximum Gasteiger partial charge on any atom is 0.347 e. The van der Waals surface area contributed by atoms with E-state index in [1.165, 1.54) is 10.4 Å². The predicted molar refractivity (Wildman–Crippen MR) is 189 cm³/mol. The first-order valence-corrected chi connectivity index (χ1v) is 18.6. The van der Waals surface area contributed by atoms with Crippen molar-refractivity contribution in [2.75, 3.05) is 6.61 Å². The van der Waals surface area contributed by atoms with E-state index in [1.807, 2.05) is 24.3 Å². The molecule has 5 aromatic carbocycles. The molecule has 0 N–H and O–H groups in total. The summed E-state index contributed by atoms with van der Waals surface area (Å²) in [5, 5.41) is 3.48. The van der Waals surface area contributed by atoms with E-state index < -0.39 is 20.5 Å². The van der Waals surface area contributed by atoms with Crippen LogP contribution in [0.25, 0.3) is 16.7 Å². The quantitative estimate of drug-likeness (QED) is 0.141. The zero-order valence-electron chi connectivity index (χ0n) is 26.8. The molecule has 2 aliphatic heterocycles. The average Bonchev–Trinajstić information content (AvgIpc) is 3.44. The fourth-order valence-electron chi connectivity index (χ4n) is 7.67. The van der Waals surface area contributed by atoms with Crippen LogP contribution in [0.4, 0.5) is 0 Å². The fourth-order valence-corrected chi connectivity index (χ4v) is 11.8. The molecule has 3 aliphatic rings. The molecule has 0 amide bonds. The molecule has 4 nitrogen and oxygen atoms in total. The Balaban J connectivity index is 1.27. The minimum atomic E-state index is -3.02. The summed E-state index contributed by atoms with van der Waals surface area (Å²) >= 11 is 0. The smallest absolute Gasteiger partial charge is 0.347 e.